The van der Waals surface area contributed by atoms with E-state index in [0.717, 1.165) is 78.5 Å². The molecule has 1 aliphatic carbocycles. The zero-order chi connectivity index (χ0) is 30.6. The summed E-state index contributed by atoms with van der Waals surface area (Å²) in [6.07, 6.45) is 7.95. The SMILES string of the molecule is CCCCc1c(Cc2ccc(-c3ccccc3/C3=N/COCCON3)cc2)c(=O)n(C2CCC3(CC2)OCCO3)c2ncnn12. The average Bonchev–Trinajstić information content (AvgIpc) is 3.72. The molecule has 4 aromatic rings. The lowest BCUT2D eigenvalue weighted by Gasteiger charge is -2.36. The van der Waals surface area contributed by atoms with Crippen LogP contribution in [0, 0.1) is 0 Å². The minimum atomic E-state index is -0.493. The number of unbranched alkanes of at least 4 members (excludes halogenated alkanes) is 1. The first-order valence-electron chi connectivity index (χ1n) is 16.1. The predicted molar refractivity (Wildman–Crippen MR) is 169 cm³/mol. The maximum Gasteiger partial charge on any atom is 0.259 e. The molecular formula is C34H40N6O5. The Kier molecular flexibility index (Phi) is 8.75. The van der Waals surface area contributed by atoms with Crippen molar-refractivity contribution in [2.24, 2.45) is 4.99 Å². The molecule has 3 aliphatic rings. The van der Waals surface area contributed by atoms with Crippen molar-refractivity contribution < 1.29 is 19.0 Å². The number of aliphatic imine (C=N–C) groups is 1. The smallest absolute Gasteiger partial charge is 0.259 e. The maximum absolute atomic E-state index is 14.4. The number of ether oxygens (including phenoxy) is 3. The first-order valence-corrected chi connectivity index (χ1v) is 16.1. The van der Waals surface area contributed by atoms with Gasteiger partial charge in [-0.05, 0) is 42.4 Å². The van der Waals surface area contributed by atoms with Gasteiger partial charge in [-0.15, -0.1) is 0 Å². The number of aromatic nitrogens is 4. The predicted octanol–water partition coefficient (Wildman–Crippen LogP) is 4.61. The molecule has 0 radical (unpaired) electrons. The van der Waals surface area contributed by atoms with E-state index in [1.165, 1.54) is 0 Å². The van der Waals surface area contributed by atoms with Crippen LogP contribution in [0.3, 0.4) is 0 Å². The van der Waals surface area contributed by atoms with Gasteiger partial charge in [0.1, 0.15) is 13.1 Å². The molecule has 4 heterocycles. The molecular weight excluding hydrogens is 572 g/mol. The molecule has 1 N–H and O–H groups in total. The number of amidine groups is 1. The Labute approximate surface area is 262 Å². The van der Waals surface area contributed by atoms with Gasteiger partial charge in [0.15, 0.2) is 11.6 Å². The summed E-state index contributed by atoms with van der Waals surface area (Å²) in [5, 5.41) is 4.62. The number of fused-ring (bicyclic) bond motifs is 1. The quantitative estimate of drug-likeness (QED) is 0.307. The topological polar surface area (TPSA) is 114 Å². The lowest BCUT2D eigenvalue weighted by atomic mass is 9.89. The Morgan fingerprint density at radius 3 is 2.53 bits per heavy atom. The van der Waals surface area contributed by atoms with Crippen LogP contribution in [-0.2, 0) is 31.9 Å². The van der Waals surface area contributed by atoms with Gasteiger partial charge in [0, 0.05) is 36.4 Å². The summed E-state index contributed by atoms with van der Waals surface area (Å²) in [7, 11) is 0. The van der Waals surface area contributed by atoms with Crippen LogP contribution in [0.15, 0.2) is 64.6 Å². The average molecular weight is 613 g/mol. The van der Waals surface area contributed by atoms with E-state index in [9.17, 15) is 4.79 Å². The summed E-state index contributed by atoms with van der Waals surface area (Å²) in [6, 6.07) is 16.5. The molecule has 1 spiro atoms. The van der Waals surface area contributed by atoms with Gasteiger partial charge in [-0.3, -0.25) is 14.2 Å². The Morgan fingerprint density at radius 2 is 1.76 bits per heavy atom. The summed E-state index contributed by atoms with van der Waals surface area (Å²) in [4.78, 5) is 29.1. The number of hydroxylamine groups is 1. The Bertz CT molecular complexity index is 1710. The van der Waals surface area contributed by atoms with E-state index in [1.54, 1.807) is 6.33 Å². The van der Waals surface area contributed by atoms with Crippen molar-refractivity contribution in [1.29, 1.82) is 0 Å². The second kappa shape index (κ2) is 13.2. The molecule has 2 aromatic carbocycles. The van der Waals surface area contributed by atoms with Crippen molar-refractivity contribution in [3.63, 3.8) is 0 Å². The highest BCUT2D eigenvalue weighted by atomic mass is 16.7. The first kappa shape index (κ1) is 29.8. The van der Waals surface area contributed by atoms with Gasteiger partial charge in [0.2, 0.25) is 5.78 Å². The van der Waals surface area contributed by atoms with Crippen molar-refractivity contribution in [3.05, 3.63) is 87.6 Å². The third-order valence-electron chi connectivity index (χ3n) is 9.13. The Balaban J connectivity index is 1.21. The molecule has 0 atom stereocenters. The number of benzene rings is 2. The fraction of sp³-hybridized carbons (Fsp3) is 0.471. The molecule has 236 valence electrons. The number of aryl methyl sites for hydroxylation is 1. The largest absolute Gasteiger partial charge is 0.357 e. The second-order valence-corrected chi connectivity index (χ2v) is 11.9. The van der Waals surface area contributed by atoms with Gasteiger partial charge in [-0.1, -0.05) is 61.9 Å². The van der Waals surface area contributed by atoms with Crippen LogP contribution in [0.2, 0.25) is 0 Å². The molecule has 0 bridgehead atoms. The monoisotopic (exact) mass is 612 g/mol. The number of nitrogens with one attached hydrogen (secondary N) is 1. The molecule has 2 aliphatic heterocycles. The van der Waals surface area contributed by atoms with E-state index < -0.39 is 5.79 Å². The van der Waals surface area contributed by atoms with Gasteiger partial charge < -0.3 is 14.2 Å². The highest BCUT2D eigenvalue weighted by molar-refractivity contribution is 6.04. The summed E-state index contributed by atoms with van der Waals surface area (Å²) in [5.74, 6) is 0.764. The highest BCUT2D eigenvalue weighted by Crippen LogP contribution is 2.40. The van der Waals surface area contributed by atoms with Crippen LogP contribution in [0.25, 0.3) is 16.9 Å². The van der Waals surface area contributed by atoms with E-state index in [4.69, 9.17) is 19.0 Å². The minimum Gasteiger partial charge on any atom is -0.357 e. The fourth-order valence-electron chi connectivity index (χ4n) is 6.79. The number of hydrogen-bond acceptors (Lipinski definition) is 9. The summed E-state index contributed by atoms with van der Waals surface area (Å²) < 4.78 is 21.2. The van der Waals surface area contributed by atoms with Gasteiger partial charge >= 0.3 is 0 Å². The number of hydrogen-bond donors (Lipinski definition) is 1. The molecule has 11 heteroatoms. The van der Waals surface area contributed by atoms with E-state index in [2.05, 4.69) is 57.8 Å². The van der Waals surface area contributed by atoms with E-state index >= 15 is 0 Å². The van der Waals surface area contributed by atoms with Crippen LogP contribution in [-0.4, -0.2) is 63.9 Å². The lowest BCUT2D eigenvalue weighted by Crippen LogP contribution is -2.39. The van der Waals surface area contributed by atoms with Gasteiger partial charge in [-0.2, -0.15) is 10.1 Å². The zero-order valence-electron chi connectivity index (χ0n) is 25.7. The highest BCUT2D eigenvalue weighted by Gasteiger charge is 2.41. The summed E-state index contributed by atoms with van der Waals surface area (Å²) in [6.45, 7) is 4.65. The van der Waals surface area contributed by atoms with Crippen molar-refractivity contribution in [1.82, 2.24) is 24.6 Å². The standard InChI is InChI=1S/C34H40N6O5/c1-2-3-8-30-29(32(41)39(33-35-22-37-40(30)33)26-13-15-34(16-14-26)43-18-19-44-34)21-24-9-11-25(12-10-24)27-6-4-5-7-28(27)31-36-23-42-17-20-45-38-31/h4-7,9-12,22,26H,2-3,8,13-21,23H2,1H3,(H,36,38). The molecule has 45 heavy (non-hydrogen) atoms. The molecule has 7 rings (SSSR count). The Hall–Kier alpha value is -3.90. The van der Waals surface area contributed by atoms with E-state index in [0.29, 0.717) is 44.5 Å². The van der Waals surface area contributed by atoms with Crippen molar-refractivity contribution in [3.8, 4) is 11.1 Å². The minimum absolute atomic E-state index is 0.0136. The van der Waals surface area contributed by atoms with Crippen LogP contribution in [0.1, 0.15) is 73.9 Å². The van der Waals surface area contributed by atoms with Crippen molar-refractivity contribution in [2.45, 2.75) is 70.1 Å². The molecule has 0 amide bonds. The van der Waals surface area contributed by atoms with Crippen LogP contribution in [0.4, 0.5) is 0 Å². The number of rotatable bonds is 8. The third kappa shape index (κ3) is 6.05. The van der Waals surface area contributed by atoms with Gasteiger partial charge in [0.25, 0.3) is 5.56 Å². The summed E-state index contributed by atoms with van der Waals surface area (Å²) in [5.41, 5.74) is 8.81. The van der Waals surface area contributed by atoms with Gasteiger partial charge in [0.05, 0.1) is 32.1 Å². The fourth-order valence-corrected chi connectivity index (χ4v) is 6.79. The Morgan fingerprint density at radius 1 is 0.978 bits per heavy atom. The summed E-state index contributed by atoms with van der Waals surface area (Å²) >= 11 is 0. The van der Waals surface area contributed by atoms with Crippen molar-refractivity contribution in [2.75, 3.05) is 33.2 Å². The second-order valence-electron chi connectivity index (χ2n) is 11.9. The van der Waals surface area contributed by atoms with E-state index in [-0.39, 0.29) is 18.3 Å². The molecule has 11 nitrogen and oxygen atoms in total. The first-order chi connectivity index (χ1) is 22.2. The lowest BCUT2D eigenvalue weighted by molar-refractivity contribution is -0.181. The van der Waals surface area contributed by atoms with Crippen molar-refractivity contribution >= 4 is 11.6 Å². The number of nitrogens with zero attached hydrogens (tertiary/aromatic N) is 5. The molecule has 2 aromatic heterocycles. The van der Waals surface area contributed by atoms with Gasteiger partial charge in [-0.25, -0.2) is 15.0 Å². The molecule has 2 fully saturated rings. The van der Waals surface area contributed by atoms with E-state index in [1.807, 2.05) is 27.3 Å². The molecule has 1 saturated heterocycles. The van der Waals surface area contributed by atoms with Crippen LogP contribution >= 0.6 is 0 Å². The zero-order valence-corrected chi connectivity index (χ0v) is 25.7. The van der Waals surface area contributed by atoms with Crippen LogP contribution < -0.4 is 11.0 Å². The molecule has 1 saturated carbocycles. The third-order valence-corrected chi connectivity index (χ3v) is 9.13. The van der Waals surface area contributed by atoms with Crippen LogP contribution in [0.5, 0.6) is 0 Å². The maximum atomic E-state index is 14.4. The molecule has 0 unspecified atom stereocenters. The normalized spacial score (nSPS) is 20.1.